The van der Waals surface area contributed by atoms with Crippen LogP contribution in [0.15, 0.2) is 24.3 Å². The Kier molecular flexibility index (Phi) is 14.1. The van der Waals surface area contributed by atoms with Crippen molar-refractivity contribution >= 4 is 41.4 Å². The number of nitrogens with one attached hydrogen (secondary N) is 5. The molecule has 1 aromatic rings. The maximum absolute atomic E-state index is 14.0. The summed E-state index contributed by atoms with van der Waals surface area (Å²) in [6.07, 6.45) is -2.53. The highest BCUT2D eigenvalue weighted by Crippen LogP contribution is 2.22. The minimum absolute atomic E-state index is 0.00569. The van der Waals surface area contributed by atoms with E-state index in [2.05, 4.69) is 26.6 Å². The number of aliphatic hydroxyl groups excluding tert-OH is 1. The van der Waals surface area contributed by atoms with Crippen molar-refractivity contribution in [3.05, 3.63) is 29.8 Å². The van der Waals surface area contributed by atoms with Crippen molar-refractivity contribution in [2.45, 2.75) is 110 Å². The molecule has 16 heteroatoms. The van der Waals surface area contributed by atoms with E-state index < -0.39 is 96.2 Å². The predicted molar refractivity (Wildman–Crippen MR) is 185 cm³/mol. The van der Waals surface area contributed by atoms with E-state index in [9.17, 15) is 43.8 Å². The second-order valence-corrected chi connectivity index (χ2v) is 14.9. The molecule has 0 spiro atoms. The summed E-state index contributed by atoms with van der Waals surface area (Å²) in [6.45, 7) is 9.88. The summed E-state index contributed by atoms with van der Waals surface area (Å²) in [6, 6.07) is 2.73. The van der Waals surface area contributed by atoms with E-state index >= 15 is 0 Å². The first kappa shape index (κ1) is 40.9. The number of aromatic hydroxyl groups is 1. The van der Waals surface area contributed by atoms with E-state index in [4.69, 9.17) is 0 Å². The third-order valence-corrected chi connectivity index (χ3v) is 8.65. The fourth-order valence-corrected chi connectivity index (χ4v) is 6.15. The number of fused-ring (bicyclic) bond motifs is 1. The molecule has 0 saturated carbocycles. The van der Waals surface area contributed by atoms with Gasteiger partial charge in [-0.05, 0) is 70.6 Å². The van der Waals surface area contributed by atoms with Gasteiger partial charge in [0.2, 0.25) is 35.4 Å². The van der Waals surface area contributed by atoms with Crippen molar-refractivity contribution in [1.29, 1.82) is 0 Å². The van der Waals surface area contributed by atoms with Gasteiger partial charge in [-0.3, -0.25) is 43.8 Å². The maximum atomic E-state index is 14.0. The summed E-state index contributed by atoms with van der Waals surface area (Å²) in [5, 5.41) is 33.4. The van der Waals surface area contributed by atoms with Crippen molar-refractivity contribution in [3.8, 4) is 5.75 Å². The van der Waals surface area contributed by atoms with E-state index in [0.717, 1.165) is 4.90 Å². The SMILES string of the molecule is CC(C)C[C@@H]1NC(=O)CN(C)C(=O)[C@H](Cc2ccc(O)cc2)NC(=O)[C@@H]2CCCN2[C@@H](C(=O)NC(C)(C)C)NC(=O)[C@H]([C@@H](C)O)CC(=O)NC1=O. The second kappa shape index (κ2) is 17.6. The first-order valence-electron chi connectivity index (χ1n) is 17.3. The summed E-state index contributed by atoms with van der Waals surface area (Å²) in [4.78, 5) is 97.5. The van der Waals surface area contributed by atoms with Crippen LogP contribution >= 0.6 is 0 Å². The highest BCUT2D eigenvalue weighted by Gasteiger charge is 2.43. The van der Waals surface area contributed by atoms with Crippen LogP contribution < -0.4 is 26.6 Å². The van der Waals surface area contributed by atoms with E-state index in [0.29, 0.717) is 12.0 Å². The molecule has 2 saturated heterocycles. The van der Waals surface area contributed by atoms with E-state index in [1.54, 1.807) is 32.9 Å². The molecule has 7 N–H and O–H groups in total. The number of amides is 7. The molecule has 6 atom stereocenters. The summed E-state index contributed by atoms with van der Waals surface area (Å²) in [7, 11) is 1.38. The van der Waals surface area contributed by atoms with E-state index in [1.165, 1.54) is 31.0 Å². The number of carbonyl (C=O) groups is 7. The number of nitrogens with zero attached hydrogens (tertiary/aromatic N) is 2. The third kappa shape index (κ3) is 12.0. The molecule has 3 rings (SSSR count). The Balaban J connectivity index is 2.09. The van der Waals surface area contributed by atoms with Crippen molar-refractivity contribution < 1.29 is 43.8 Å². The van der Waals surface area contributed by atoms with Gasteiger partial charge in [0.25, 0.3) is 5.91 Å². The van der Waals surface area contributed by atoms with Crippen molar-refractivity contribution in [1.82, 2.24) is 36.4 Å². The Hall–Kier alpha value is -4.57. The number of phenolic OH excluding ortho intramolecular Hbond substituents is 1. The van der Waals surface area contributed by atoms with Crippen molar-refractivity contribution in [3.63, 3.8) is 0 Å². The lowest BCUT2D eigenvalue weighted by molar-refractivity contribution is -0.143. The normalized spacial score (nSPS) is 25.8. The summed E-state index contributed by atoms with van der Waals surface area (Å²) < 4.78 is 0. The van der Waals surface area contributed by atoms with Gasteiger partial charge in [-0.15, -0.1) is 0 Å². The zero-order valence-corrected chi connectivity index (χ0v) is 30.4. The molecule has 51 heavy (non-hydrogen) atoms. The smallest absolute Gasteiger partial charge is 0.258 e. The van der Waals surface area contributed by atoms with Gasteiger partial charge in [0.05, 0.1) is 24.6 Å². The Morgan fingerprint density at radius 1 is 0.922 bits per heavy atom. The Bertz CT molecular complexity index is 1460. The van der Waals surface area contributed by atoms with Gasteiger partial charge in [0, 0.05) is 32.0 Å². The summed E-state index contributed by atoms with van der Waals surface area (Å²) in [5.41, 5.74) is -0.138. The van der Waals surface area contributed by atoms with Crippen molar-refractivity contribution in [2.24, 2.45) is 11.8 Å². The summed E-state index contributed by atoms with van der Waals surface area (Å²) >= 11 is 0. The van der Waals surface area contributed by atoms with Gasteiger partial charge in [-0.1, -0.05) is 26.0 Å². The minimum atomic E-state index is -1.41. The molecule has 0 unspecified atom stereocenters. The summed E-state index contributed by atoms with van der Waals surface area (Å²) in [5.74, 6) is -6.61. The monoisotopic (exact) mass is 715 g/mol. The number of imide groups is 1. The lowest BCUT2D eigenvalue weighted by Crippen LogP contribution is -2.64. The molecular formula is C35H53N7O9. The zero-order chi connectivity index (χ0) is 38.2. The molecular weight excluding hydrogens is 662 g/mol. The Labute approximate surface area is 298 Å². The van der Waals surface area contributed by atoms with Gasteiger partial charge in [0.15, 0.2) is 6.17 Å². The number of benzene rings is 1. The largest absolute Gasteiger partial charge is 0.508 e. The van der Waals surface area contributed by atoms with Crippen LogP contribution in [0.5, 0.6) is 5.75 Å². The highest BCUT2D eigenvalue weighted by atomic mass is 16.3. The van der Waals surface area contributed by atoms with Crippen LogP contribution in [0.2, 0.25) is 0 Å². The number of aliphatic hydroxyl groups is 1. The minimum Gasteiger partial charge on any atom is -0.508 e. The topological polar surface area (TPSA) is 227 Å². The number of carbonyl (C=O) groups excluding carboxylic acids is 7. The van der Waals surface area contributed by atoms with Gasteiger partial charge >= 0.3 is 0 Å². The van der Waals surface area contributed by atoms with Crippen LogP contribution in [0.3, 0.4) is 0 Å². The molecule has 16 nitrogen and oxygen atoms in total. The van der Waals surface area contributed by atoms with Crippen LogP contribution in [0, 0.1) is 11.8 Å². The van der Waals surface area contributed by atoms with Crippen LogP contribution in [-0.4, -0.2) is 117 Å². The van der Waals surface area contributed by atoms with E-state index in [1.807, 2.05) is 13.8 Å². The molecule has 0 radical (unpaired) electrons. The van der Waals surface area contributed by atoms with Crippen molar-refractivity contribution in [2.75, 3.05) is 20.1 Å². The molecule has 0 aliphatic carbocycles. The zero-order valence-electron chi connectivity index (χ0n) is 30.4. The molecule has 282 valence electrons. The lowest BCUT2D eigenvalue weighted by Gasteiger charge is -2.35. The number of hydrogen-bond acceptors (Lipinski definition) is 10. The molecule has 0 bridgehead atoms. The molecule has 1 aromatic carbocycles. The lowest BCUT2D eigenvalue weighted by atomic mass is 9.97. The number of phenols is 1. The predicted octanol–water partition coefficient (Wildman–Crippen LogP) is -0.726. The van der Waals surface area contributed by atoms with Gasteiger partial charge in [-0.25, -0.2) is 0 Å². The fraction of sp³-hybridized carbons (Fsp3) is 0.629. The first-order valence-corrected chi connectivity index (χ1v) is 17.3. The average Bonchev–Trinajstić information content (AvgIpc) is 3.50. The first-order chi connectivity index (χ1) is 23.7. The van der Waals surface area contributed by atoms with Gasteiger partial charge < -0.3 is 36.4 Å². The average molecular weight is 716 g/mol. The molecule has 0 aromatic heterocycles. The number of likely N-dealkylation sites (N-methyl/N-ethyl adjacent to an activating group) is 1. The van der Waals surface area contributed by atoms with Gasteiger partial charge in [-0.2, -0.15) is 0 Å². The van der Waals surface area contributed by atoms with Crippen LogP contribution in [0.4, 0.5) is 0 Å². The quantitative estimate of drug-likeness (QED) is 0.183. The Morgan fingerprint density at radius 2 is 1.57 bits per heavy atom. The van der Waals surface area contributed by atoms with Crippen LogP contribution in [0.25, 0.3) is 0 Å². The Morgan fingerprint density at radius 3 is 2.16 bits per heavy atom. The van der Waals surface area contributed by atoms with Crippen LogP contribution in [0.1, 0.15) is 72.8 Å². The molecule has 2 aliphatic rings. The standard InChI is InChI=1S/C35H53N7O9/c1-19(2)15-24-31(48)38-27(45)17-23(20(3)43)30(47)39-29(33(50)40-35(4,5)6)42-14-8-9-26(42)32(49)37-25(16-21-10-12-22(44)13-11-21)34(51)41(7)18-28(46)36-24/h10-13,19-20,23-26,29,43-44H,8-9,14-18H2,1-7H3,(H,36,46)(H,37,49)(H,39,47)(H,40,50)(H,38,45,48)/t20-,23+,24+,25+,26+,29+/m1/s1. The maximum Gasteiger partial charge on any atom is 0.258 e. The molecule has 2 heterocycles. The second-order valence-electron chi connectivity index (χ2n) is 14.9. The van der Waals surface area contributed by atoms with Gasteiger partial charge in [0.1, 0.15) is 17.8 Å². The highest BCUT2D eigenvalue weighted by molar-refractivity contribution is 6.01. The molecule has 2 aliphatic heterocycles. The third-order valence-electron chi connectivity index (χ3n) is 8.65. The fourth-order valence-electron chi connectivity index (χ4n) is 6.15. The van der Waals surface area contributed by atoms with E-state index in [-0.39, 0.29) is 37.5 Å². The molecule has 7 amide bonds. The molecule has 2 fully saturated rings. The van der Waals surface area contributed by atoms with Crippen LogP contribution in [-0.2, 0) is 40.0 Å². The number of rotatable bonds is 6. The number of hydrogen-bond donors (Lipinski definition) is 7.